The second-order valence-electron chi connectivity index (χ2n) is 4.10. The normalized spacial score (nSPS) is 9.75. The molecular weight excluding hydrogens is 256 g/mol. The van der Waals surface area contributed by atoms with Crippen LogP contribution in [0.15, 0.2) is 47.1 Å². The Labute approximate surface area is 116 Å². The summed E-state index contributed by atoms with van der Waals surface area (Å²) in [6.07, 6.45) is 2.49. The fraction of sp³-hybridized carbons (Fsp3) is 0.200. The van der Waals surface area contributed by atoms with Gasteiger partial charge in [0, 0.05) is 24.6 Å². The van der Waals surface area contributed by atoms with Crippen molar-refractivity contribution in [1.29, 1.82) is 5.26 Å². The highest BCUT2D eigenvalue weighted by Crippen LogP contribution is 2.17. The van der Waals surface area contributed by atoms with Gasteiger partial charge in [-0.05, 0) is 24.3 Å². The molecule has 5 heteroatoms. The molecule has 1 aromatic heterocycles. The van der Waals surface area contributed by atoms with Crippen molar-refractivity contribution in [3.05, 3.63) is 48.4 Å². The van der Waals surface area contributed by atoms with Gasteiger partial charge in [0.1, 0.15) is 17.6 Å². The lowest BCUT2D eigenvalue weighted by atomic mass is 10.2. The van der Waals surface area contributed by atoms with Gasteiger partial charge in [0.15, 0.2) is 6.61 Å². The lowest BCUT2D eigenvalue weighted by Crippen LogP contribution is -2.12. The van der Waals surface area contributed by atoms with Crippen LogP contribution < -0.4 is 10.1 Å². The van der Waals surface area contributed by atoms with E-state index >= 15 is 0 Å². The Kier molecular flexibility index (Phi) is 4.79. The second-order valence-corrected chi connectivity index (χ2v) is 4.10. The first kappa shape index (κ1) is 13.7. The fourth-order valence-corrected chi connectivity index (χ4v) is 1.69. The Balaban J connectivity index is 1.86. The molecule has 0 aliphatic heterocycles. The number of benzene rings is 1. The third-order valence-corrected chi connectivity index (χ3v) is 2.60. The molecule has 1 aromatic carbocycles. The molecule has 2 rings (SSSR count). The average molecular weight is 270 g/mol. The third-order valence-electron chi connectivity index (χ3n) is 2.60. The molecule has 0 aliphatic carbocycles. The smallest absolute Gasteiger partial charge is 0.224 e. The standard InChI is InChI=1S/C15H14N2O3/c16-8-10-20-14-4-1-3-12(11-14)17-15(18)7-6-13-5-2-9-19-13/h1-5,9,11H,6-7,10H2,(H,17,18). The van der Waals surface area contributed by atoms with Crippen molar-refractivity contribution in [3.8, 4) is 11.8 Å². The number of furan rings is 1. The number of rotatable bonds is 6. The lowest BCUT2D eigenvalue weighted by molar-refractivity contribution is -0.116. The van der Waals surface area contributed by atoms with Gasteiger partial charge in [-0.1, -0.05) is 6.07 Å². The van der Waals surface area contributed by atoms with Gasteiger partial charge in [-0.2, -0.15) is 5.26 Å². The van der Waals surface area contributed by atoms with E-state index in [0.717, 1.165) is 5.76 Å². The van der Waals surface area contributed by atoms with Gasteiger partial charge in [0.05, 0.1) is 6.26 Å². The van der Waals surface area contributed by atoms with Crippen LogP contribution in [0, 0.1) is 11.3 Å². The number of nitriles is 1. The highest BCUT2D eigenvalue weighted by molar-refractivity contribution is 5.90. The summed E-state index contributed by atoms with van der Waals surface area (Å²) in [5.74, 6) is 1.24. The van der Waals surface area contributed by atoms with Crippen LogP contribution in [0.5, 0.6) is 5.75 Å². The van der Waals surface area contributed by atoms with Crippen molar-refractivity contribution in [1.82, 2.24) is 0 Å². The van der Waals surface area contributed by atoms with E-state index in [4.69, 9.17) is 14.4 Å². The van der Waals surface area contributed by atoms with Gasteiger partial charge < -0.3 is 14.5 Å². The molecule has 20 heavy (non-hydrogen) atoms. The van der Waals surface area contributed by atoms with Crippen LogP contribution in [0.2, 0.25) is 0 Å². The SMILES string of the molecule is N#CCOc1cccc(NC(=O)CCc2ccco2)c1. The minimum Gasteiger partial charge on any atom is -0.479 e. The molecule has 1 N–H and O–H groups in total. The van der Waals surface area contributed by atoms with E-state index in [1.54, 1.807) is 36.6 Å². The van der Waals surface area contributed by atoms with Crippen molar-refractivity contribution in [2.24, 2.45) is 0 Å². The zero-order chi connectivity index (χ0) is 14.2. The predicted molar refractivity (Wildman–Crippen MR) is 73.2 cm³/mol. The van der Waals surface area contributed by atoms with Crippen molar-refractivity contribution in [2.75, 3.05) is 11.9 Å². The zero-order valence-corrected chi connectivity index (χ0v) is 10.8. The van der Waals surface area contributed by atoms with E-state index in [0.29, 0.717) is 24.3 Å². The molecule has 0 radical (unpaired) electrons. The maximum Gasteiger partial charge on any atom is 0.224 e. The minimum atomic E-state index is -0.0983. The van der Waals surface area contributed by atoms with Crippen LogP contribution in [-0.4, -0.2) is 12.5 Å². The average Bonchev–Trinajstić information content (AvgIpc) is 2.97. The van der Waals surface area contributed by atoms with Gasteiger partial charge in [-0.3, -0.25) is 4.79 Å². The highest BCUT2D eigenvalue weighted by atomic mass is 16.5. The molecule has 0 fully saturated rings. The van der Waals surface area contributed by atoms with Crippen molar-refractivity contribution >= 4 is 11.6 Å². The summed E-state index contributed by atoms with van der Waals surface area (Å²) in [5.41, 5.74) is 0.643. The summed E-state index contributed by atoms with van der Waals surface area (Å²) in [6.45, 7) is -0.0180. The predicted octanol–water partition coefficient (Wildman–Crippen LogP) is 2.75. The van der Waals surface area contributed by atoms with Crippen LogP contribution in [0.1, 0.15) is 12.2 Å². The van der Waals surface area contributed by atoms with Crippen molar-refractivity contribution in [2.45, 2.75) is 12.8 Å². The first-order valence-corrected chi connectivity index (χ1v) is 6.20. The van der Waals surface area contributed by atoms with Crippen LogP contribution >= 0.6 is 0 Å². The molecular formula is C15H14N2O3. The van der Waals surface area contributed by atoms with E-state index < -0.39 is 0 Å². The molecule has 0 spiro atoms. The molecule has 1 amide bonds. The largest absolute Gasteiger partial charge is 0.479 e. The van der Waals surface area contributed by atoms with E-state index in [1.165, 1.54) is 0 Å². The van der Waals surface area contributed by atoms with Gasteiger partial charge in [-0.25, -0.2) is 0 Å². The molecule has 2 aromatic rings. The summed E-state index contributed by atoms with van der Waals surface area (Å²) < 4.78 is 10.3. The third kappa shape index (κ3) is 4.18. The molecule has 0 saturated heterocycles. The second kappa shape index (κ2) is 7.00. The van der Waals surface area contributed by atoms with Gasteiger partial charge in [0.2, 0.25) is 5.91 Å². The maximum atomic E-state index is 11.8. The number of amides is 1. The minimum absolute atomic E-state index is 0.0180. The number of anilines is 1. The van der Waals surface area contributed by atoms with Gasteiger partial charge >= 0.3 is 0 Å². The molecule has 0 atom stereocenters. The fourth-order valence-electron chi connectivity index (χ4n) is 1.69. The van der Waals surface area contributed by atoms with Gasteiger partial charge in [-0.15, -0.1) is 0 Å². The number of hydrogen-bond donors (Lipinski definition) is 1. The van der Waals surface area contributed by atoms with E-state index in [1.807, 2.05) is 12.1 Å². The molecule has 0 unspecified atom stereocenters. The Morgan fingerprint density at radius 1 is 1.35 bits per heavy atom. The summed E-state index contributed by atoms with van der Waals surface area (Å²) >= 11 is 0. The van der Waals surface area contributed by atoms with Crippen LogP contribution in [0.4, 0.5) is 5.69 Å². The number of carbonyl (C=O) groups is 1. The Morgan fingerprint density at radius 3 is 3.00 bits per heavy atom. The first-order chi connectivity index (χ1) is 9.78. The summed E-state index contributed by atoms with van der Waals surface area (Å²) in [6, 6.07) is 12.5. The van der Waals surface area contributed by atoms with Crippen molar-refractivity contribution < 1.29 is 13.9 Å². The van der Waals surface area contributed by atoms with Gasteiger partial charge in [0.25, 0.3) is 0 Å². The number of ether oxygens (including phenoxy) is 1. The van der Waals surface area contributed by atoms with Crippen LogP contribution in [-0.2, 0) is 11.2 Å². The number of carbonyl (C=O) groups excluding carboxylic acids is 1. The molecule has 0 bridgehead atoms. The molecule has 102 valence electrons. The van der Waals surface area contributed by atoms with Crippen LogP contribution in [0.3, 0.4) is 0 Å². The Morgan fingerprint density at radius 2 is 2.25 bits per heavy atom. The molecule has 1 heterocycles. The monoisotopic (exact) mass is 270 g/mol. The topological polar surface area (TPSA) is 75.3 Å². The Bertz CT molecular complexity index is 600. The molecule has 0 saturated carbocycles. The zero-order valence-electron chi connectivity index (χ0n) is 10.8. The first-order valence-electron chi connectivity index (χ1n) is 6.20. The van der Waals surface area contributed by atoms with Crippen molar-refractivity contribution in [3.63, 3.8) is 0 Å². The maximum absolute atomic E-state index is 11.8. The molecule has 0 aliphatic rings. The lowest BCUT2D eigenvalue weighted by Gasteiger charge is -2.07. The van der Waals surface area contributed by atoms with E-state index in [2.05, 4.69) is 5.32 Å². The number of aryl methyl sites for hydroxylation is 1. The summed E-state index contributed by atoms with van der Waals surface area (Å²) in [5, 5.41) is 11.2. The summed E-state index contributed by atoms with van der Waals surface area (Å²) in [4.78, 5) is 11.8. The summed E-state index contributed by atoms with van der Waals surface area (Å²) in [7, 11) is 0. The highest BCUT2D eigenvalue weighted by Gasteiger charge is 2.05. The quantitative estimate of drug-likeness (QED) is 0.875. The van der Waals surface area contributed by atoms with E-state index in [9.17, 15) is 4.79 Å². The number of nitrogens with zero attached hydrogens (tertiary/aromatic N) is 1. The molecule has 5 nitrogen and oxygen atoms in total. The van der Waals surface area contributed by atoms with E-state index in [-0.39, 0.29) is 12.5 Å². The number of nitrogens with one attached hydrogen (secondary N) is 1. The Hall–Kier alpha value is -2.74. The van der Waals surface area contributed by atoms with Crippen LogP contribution in [0.25, 0.3) is 0 Å². The number of hydrogen-bond acceptors (Lipinski definition) is 4.